The van der Waals surface area contributed by atoms with Gasteiger partial charge in [0.1, 0.15) is 0 Å². The van der Waals surface area contributed by atoms with E-state index < -0.39 is 0 Å². The number of rotatable bonds is 3. The molecule has 23 heavy (non-hydrogen) atoms. The highest BCUT2D eigenvalue weighted by Gasteiger charge is 2.17. The van der Waals surface area contributed by atoms with E-state index in [1.165, 1.54) is 12.4 Å². The van der Waals surface area contributed by atoms with Gasteiger partial charge in [-0.05, 0) is 30.3 Å². The number of carbonyl (C=O) groups excluding carboxylic acids is 1. The molecule has 4 rings (SSSR count). The van der Waals surface area contributed by atoms with Crippen molar-refractivity contribution in [3.63, 3.8) is 0 Å². The quantitative estimate of drug-likeness (QED) is 0.543. The fourth-order valence-electron chi connectivity index (χ4n) is 2.44. The highest BCUT2D eigenvalue weighted by atomic mass is 16.1. The third kappa shape index (κ3) is 2.26. The van der Waals surface area contributed by atoms with E-state index in [1.54, 1.807) is 41.4 Å². The molecule has 4 aromatic rings. The summed E-state index contributed by atoms with van der Waals surface area (Å²) >= 11 is 0. The number of pyridine rings is 2. The molecule has 0 radical (unpaired) electrons. The van der Waals surface area contributed by atoms with Crippen molar-refractivity contribution < 1.29 is 4.79 Å². The Morgan fingerprint density at radius 1 is 0.913 bits per heavy atom. The molecule has 0 fully saturated rings. The molecular formula is C17H11N5O. The minimum atomic E-state index is -0.149. The lowest BCUT2D eigenvalue weighted by molar-refractivity contribution is 0.103. The van der Waals surface area contributed by atoms with Crippen LogP contribution in [0.4, 0.5) is 0 Å². The smallest absolute Gasteiger partial charge is 0.200 e. The second-order valence-corrected chi connectivity index (χ2v) is 4.94. The van der Waals surface area contributed by atoms with Crippen LogP contribution in [0.3, 0.4) is 0 Å². The topological polar surface area (TPSA) is 73.0 Å². The van der Waals surface area contributed by atoms with E-state index in [4.69, 9.17) is 0 Å². The van der Waals surface area contributed by atoms with Crippen LogP contribution in [0.15, 0.2) is 67.5 Å². The van der Waals surface area contributed by atoms with Crippen molar-refractivity contribution in [1.82, 2.24) is 24.6 Å². The minimum Gasteiger partial charge on any atom is -0.288 e. The normalized spacial score (nSPS) is 10.8. The van der Waals surface area contributed by atoms with Crippen LogP contribution in [0, 0.1) is 0 Å². The third-order valence-corrected chi connectivity index (χ3v) is 3.53. The molecule has 0 aliphatic carbocycles. The number of aromatic nitrogens is 5. The molecule has 0 aliphatic heterocycles. The average molecular weight is 301 g/mol. The molecule has 4 heterocycles. The standard InChI is InChI=1S/C17H11N5O/c23-16(13-4-2-7-19-10-13)14-11-21-22-15(5-8-20-17(14)22)12-3-1-6-18-9-12/h1-11H. The number of nitrogens with zero attached hydrogens (tertiary/aromatic N) is 5. The molecule has 4 aromatic heterocycles. The van der Waals surface area contributed by atoms with Crippen LogP contribution in [-0.4, -0.2) is 30.3 Å². The van der Waals surface area contributed by atoms with Crippen molar-refractivity contribution in [3.05, 3.63) is 78.6 Å². The molecule has 0 N–H and O–H groups in total. The Balaban J connectivity index is 1.87. The molecule has 0 spiro atoms. The summed E-state index contributed by atoms with van der Waals surface area (Å²) in [6, 6.07) is 9.09. The van der Waals surface area contributed by atoms with Gasteiger partial charge in [-0.1, -0.05) is 0 Å². The average Bonchev–Trinajstić information content (AvgIpc) is 3.06. The Kier molecular flexibility index (Phi) is 3.12. The first-order valence-corrected chi connectivity index (χ1v) is 7.02. The molecule has 6 nitrogen and oxygen atoms in total. The number of ketones is 1. The largest absolute Gasteiger partial charge is 0.288 e. The molecule has 0 aromatic carbocycles. The lowest BCUT2D eigenvalue weighted by atomic mass is 10.1. The Hall–Kier alpha value is -3.41. The summed E-state index contributed by atoms with van der Waals surface area (Å²) in [5, 5.41) is 4.33. The van der Waals surface area contributed by atoms with E-state index in [1.807, 2.05) is 18.2 Å². The lowest BCUT2D eigenvalue weighted by Crippen LogP contribution is -2.03. The molecule has 0 unspecified atom stereocenters. The molecular weight excluding hydrogens is 290 g/mol. The first-order chi connectivity index (χ1) is 11.3. The summed E-state index contributed by atoms with van der Waals surface area (Å²) in [5.74, 6) is -0.149. The Bertz CT molecular complexity index is 980. The third-order valence-electron chi connectivity index (χ3n) is 3.53. The van der Waals surface area contributed by atoms with E-state index in [-0.39, 0.29) is 5.78 Å². The van der Waals surface area contributed by atoms with Gasteiger partial charge >= 0.3 is 0 Å². The molecule has 0 amide bonds. The summed E-state index contributed by atoms with van der Waals surface area (Å²) < 4.78 is 1.65. The van der Waals surface area contributed by atoms with Crippen molar-refractivity contribution in [1.29, 1.82) is 0 Å². The van der Waals surface area contributed by atoms with Crippen LogP contribution < -0.4 is 0 Å². The predicted molar refractivity (Wildman–Crippen MR) is 83.9 cm³/mol. The van der Waals surface area contributed by atoms with Gasteiger partial charge in [-0.3, -0.25) is 14.8 Å². The van der Waals surface area contributed by atoms with Gasteiger partial charge in [-0.25, -0.2) is 9.50 Å². The lowest BCUT2D eigenvalue weighted by Gasteiger charge is -2.04. The molecule has 0 bridgehead atoms. The van der Waals surface area contributed by atoms with Crippen LogP contribution in [0.5, 0.6) is 0 Å². The highest BCUT2D eigenvalue weighted by Crippen LogP contribution is 2.21. The van der Waals surface area contributed by atoms with Crippen molar-refractivity contribution in [3.8, 4) is 11.3 Å². The maximum absolute atomic E-state index is 12.6. The fourth-order valence-corrected chi connectivity index (χ4v) is 2.44. The van der Waals surface area contributed by atoms with Gasteiger partial charge in [0.05, 0.1) is 17.5 Å². The van der Waals surface area contributed by atoms with Gasteiger partial charge in [0.2, 0.25) is 0 Å². The summed E-state index contributed by atoms with van der Waals surface area (Å²) in [5.41, 5.74) is 3.21. The van der Waals surface area contributed by atoms with Crippen LogP contribution in [0.2, 0.25) is 0 Å². The first-order valence-electron chi connectivity index (χ1n) is 7.02. The molecule has 0 atom stereocenters. The van der Waals surface area contributed by atoms with Gasteiger partial charge < -0.3 is 0 Å². The summed E-state index contributed by atoms with van der Waals surface area (Å²) in [4.78, 5) is 25.0. The van der Waals surface area contributed by atoms with Gasteiger partial charge in [0, 0.05) is 42.1 Å². The van der Waals surface area contributed by atoms with Gasteiger partial charge in [0.15, 0.2) is 11.4 Å². The SMILES string of the molecule is O=C(c1cccnc1)c1cnn2c(-c3cccnc3)ccnc12. The van der Waals surface area contributed by atoms with E-state index in [0.717, 1.165) is 11.3 Å². The molecule has 110 valence electrons. The van der Waals surface area contributed by atoms with Crippen molar-refractivity contribution in [2.24, 2.45) is 0 Å². The van der Waals surface area contributed by atoms with Crippen LogP contribution in [0.25, 0.3) is 16.9 Å². The van der Waals surface area contributed by atoms with Crippen molar-refractivity contribution in [2.75, 3.05) is 0 Å². The number of carbonyl (C=O) groups is 1. The second-order valence-electron chi connectivity index (χ2n) is 4.94. The molecule has 6 heteroatoms. The minimum absolute atomic E-state index is 0.149. The highest BCUT2D eigenvalue weighted by molar-refractivity contribution is 6.12. The summed E-state index contributed by atoms with van der Waals surface area (Å²) in [6.07, 6.45) is 9.83. The van der Waals surface area contributed by atoms with E-state index >= 15 is 0 Å². The first kappa shape index (κ1) is 13.3. The Morgan fingerprint density at radius 2 is 1.74 bits per heavy atom. The van der Waals surface area contributed by atoms with Crippen molar-refractivity contribution >= 4 is 11.4 Å². The van der Waals surface area contributed by atoms with Crippen molar-refractivity contribution in [2.45, 2.75) is 0 Å². The van der Waals surface area contributed by atoms with Gasteiger partial charge in [-0.2, -0.15) is 5.10 Å². The molecule has 0 saturated carbocycles. The zero-order valence-corrected chi connectivity index (χ0v) is 12.0. The van der Waals surface area contributed by atoms with Gasteiger partial charge in [0.25, 0.3) is 0 Å². The maximum Gasteiger partial charge on any atom is 0.200 e. The summed E-state index contributed by atoms with van der Waals surface area (Å²) in [7, 11) is 0. The number of hydrogen-bond donors (Lipinski definition) is 0. The number of hydrogen-bond acceptors (Lipinski definition) is 5. The van der Waals surface area contributed by atoms with E-state index in [2.05, 4.69) is 20.1 Å². The Labute approximate surface area is 131 Å². The molecule has 0 aliphatic rings. The zero-order chi connectivity index (χ0) is 15.6. The fraction of sp³-hybridized carbons (Fsp3) is 0. The summed E-state index contributed by atoms with van der Waals surface area (Å²) in [6.45, 7) is 0. The van der Waals surface area contributed by atoms with Gasteiger partial charge in [-0.15, -0.1) is 0 Å². The zero-order valence-electron chi connectivity index (χ0n) is 12.0. The Morgan fingerprint density at radius 3 is 2.48 bits per heavy atom. The van der Waals surface area contributed by atoms with Crippen LogP contribution in [-0.2, 0) is 0 Å². The second kappa shape index (κ2) is 5.42. The monoisotopic (exact) mass is 301 g/mol. The predicted octanol–water partition coefficient (Wildman–Crippen LogP) is 2.42. The van der Waals surface area contributed by atoms with E-state index in [9.17, 15) is 4.79 Å². The molecule has 0 saturated heterocycles. The number of fused-ring (bicyclic) bond motifs is 1. The maximum atomic E-state index is 12.6. The van der Waals surface area contributed by atoms with E-state index in [0.29, 0.717) is 16.8 Å². The van der Waals surface area contributed by atoms with Crippen LogP contribution >= 0.6 is 0 Å². The van der Waals surface area contributed by atoms with Crippen LogP contribution in [0.1, 0.15) is 15.9 Å².